The molecule has 1 N–H and O–H groups in total. The monoisotopic (exact) mass is 660 g/mol. The predicted octanol–water partition coefficient (Wildman–Crippen LogP) is 8.23. The Kier molecular flexibility index (Phi) is 7.95. The Labute approximate surface area is 242 Å². The van der Waals surface area contributed by atoms with Gasteiger partial charge in [-0.1, -0.05) is 65.7 Å². The first-order valence-electron chi connectivity index (χ1n) is 11.1. The molecule has 1 aliphatic rings. The average Bonchev–Trinajstić information content (AvgIpc) is 3.23. The summed E-state index contributed by atoms with van der Waals surface area (Å²) < 4.78 is 12.7. The molecule has 5 nitrogen and oxygen atoms in total. The van der Waals surface area contributed by atoms with Crippen molar-refractivity contribution < 1.29 is 14.3 Å². The molecule has 37 heavy (non-hydrogen) atoms. The van der Waals surface area contributed by atoms with Crippen LogP contribution in [0.3, 0.4) is 0 Å². The highest BCUT2D eigenvalue weighted by atomic mass is 127. The lowest BCUT2D eigenvalue weighted by molar-refractivity contribution is -0.115. The molecule has 4 aromatic carbocycles. The minimum Gasteiger partial charge on any atom is -0.493 e. The van der Waals surface area contributed by atoms with Crippen LogP contribution in [0.1, 0.15) is 11.1 Å². The molecule has 1 aliphatic heterocycles. The highest BCUT2D eigenvalue weighted by Gasteiger charge is 2.24. The van der Waals surface area contributed by atoms with Gasteiger partial charge in [0, 0.05) is 5.02 Å². The summed E-state index contributed by atoms with van der Waals surface area (Å²) in [6.07, 6.45) is 1.79. The van der Waals surface area contributed by atoms with E-state index in [4.69, 9.17) is 32.7 Å². The number of aliphatic imine (C=N–C) groups is 1. The van der Waals surface area contributed by atoms with Gasteiger partial charge in [0.25, 0.3) is 5.91 Å². The fourth-order valence-electron chi connectivity index (χ4n) is 3.84. The topological polar surface area (TPSA) is 59.9 Å². The maximum atomic E-state index is 12.6. The number of hydrogen-bond donors (Lipinski definition) is 1. The number of carbonyl (C=O) groups excluding carboxylic acids is 1. The molecule has 0 saturated carbocycles. The van der Waals surface area contributed by atoms with Crippen LogP contribution >= 0.6 is 57.6 Å². The highest BCUT2D eigenvalue weighted by molar-refractivity contribution is 14.1. The second kappa shape index (κ2) is 11.3. The number of carbonyl (C=O) groups is 1. The van der Waals surface area contributed by atoms with Gasteiger partial charge in [-0.2, -0.15) is 0 Å². The fourth-order valence-corrected chi connectivity index (χ4v) is 5.79. The molecule has 1 heterocycles. The zero-order chi connectivity index (χ0) is 25.9. The summed E-state index contributed by atoms with van der Waals surface area (Å²) in [4.78, 5) is 17.6. The van der Waals surface area contributed by atoms with Crippen molar-refractivity contribution in [3.05, 3.63) is 102 Å². The number of benzene rings is 4. The first-order chi connectivity index (χ1) is 17.9. The molecule has 0 spiro atoms. The number of fused-ring (bicyclic) bond motifs is 1. The largest absolute Gasteiger partial charge is 0.493 e. The summed E-state index contributed by atoms with van der Waals surface area (Å²) in [5.41, 5.74) is 2.38. The van der Waals surface area contributed by atoms with Crippen molar-refractivity contribution in [2.24, 2.45) is 4.99 Å². The van der Waals surface area contributed by atoms with Gasteiger partial charge >= 0.3 is 0 Å². The molecule has 0 bridgehead atoms. The van der Waals surface area contributed by atoms with E-state index in [9.17, 15) is 4.79 Å². The van der Waals surface area contributed by atoms with Gasteiger partial charge in [0.2, 0.25) is 0 Å². The average molecular weight is 661 g/mol. The summed E-state index contributed by atoms with van der Waals surface area (Å²) in [7, 11) is 1.60. The smallest absolute Gasteiger partial charge is 0.264 e. The molecule has 1 amide bonds. The number of thioether (sulfide) groups is 1. The second-order valence-corrected chi connectivity index (χ2v) is 11.1. The van der Waals surface area contributed by atoms with Gasteiger partial charge < -0.3 is 14.8 Å². The third-order valence-electron chi connectivity index (χ3n) is 5.58. The van der Waals surface area contributed by atoms with Crippen LogP contribution in [0.15, 0.2) is 82.7 Å². The first kappa shape index (κ1) is 25.9. The van der Waals surface area contributed by atoms with E-state index in [1.54, 1.807) is 31.4 Å². The van der Waals surface area contributed by atoms with E-state index in [0.29, 0.717) is 43.9 Å². The lowest BCUT2D eigenvalue weighted by Gasteiger charge is -2.15. The molecule has 0 atom stereocenters. The Morgan fingerprint density at radius 3 is 2.70 bits per heavy atom. The van der Waals surface area contributed by atoms with Crippen molar-refractivity contribution in [3.8, 4) is 11.5 Å². The number of hydrogen-bond acceptors (Lipinski definition) is 5. The number of amides is 1. The minimum atomic E-state index is -0.243. The summed E-state index contributed by atoms with van der Waals surface area (Å²) in [6.45, 7) is 0.401. The Bertz CT molecular complexity index is 1580. The zero-order valence-electron chi connectivity index (χ0n) is 19.4. The number of nitrogens with one attached hydrogen (secondary N) is 1. The van der Waals surface area contributed by atoms with Crippen LogP contribution in [0.5, 0.6) is 11.5 Å². The van der Waals surface area contributed by atoms with Crippen LogP contribution in [0.4, 0.5) is 5.69 Å². The van der Waals surface area contributed by atoms with Crippen LogP contribution < -0.4 is 14.8 Å². The highest BCUT2D eigenvalue weighted by Crippen LogP contribution is 2.37. The van der Waals surface area contributed by atoms with E-state index in [2.05, 4.69) is 57.2 Å². The van der Waals surface area contributed by atoms with Gasteiger partial charge in [-0.15, -0.1) is 0 Å². The Morgan fingerprint density at radius 2 is 1.86 bits per heavy atom. The number of rotatable bonds is 6. The number of nitrogens with zero attached hydrogens (tertiary/aromatic N) is 1. The van der Waals surface area contributed by atoms with Crippen LogP contribution in [-0.4, -0.2) is 18.2 Å². The summed E-state index contributed by atoms with van der Waals surface area (Å²) in [5.74, 6) is 0.994. The molecule has 4 aromatic rings. The van der Waals surface area contributed by atoms with Gasteiger partial charge in [-0.3, -0.25) is 4.79 Å². The van der Waals surface area contributed by atoms with Crippen LogP contribution in [0.25, 0.3) is 16.8 Å². The summed E-state index contributed by atoms with van der Waals surface area (Å²) in [5, 5.41) is 6.48. The Morgan fingerprint density at radius 1 is 1.05 bits per heavy atom. The third kappa shape index (κ3) is 5.90. The Balaban J connectivity index is 1.38. The quantitative estimate of drug-likeness (QED) is 0.167. The van der Waals surface area contributed by atoms with Crippen molar-refractivity contribution in [2.75, 3.05) is 7.11 Å². The molecular weight excluding hydrogens is 642 g/mol. The van der Waals surface area contributed by atoms with E-state index in [1.807, 2.05) is 30.3 Å². The molecule has 9 heteroatoms. The van der Waals surface area contributed by atoms with Gasteiger partial charge in [0.15, 0.2) is 16.7 Å². The second-order valence-electron chi connectivity index (χ2n) is 8.04. The molecule has 186 valence electrons. The first-order valence-corrected chi connectivity index (χ1v) is 13.8. The van der Waals surface area contributed by atoms with Crippen LogP contribution in [0, 0.1) is 3.57 Å². The van der Waals surface area contributed by atoms with Crippen molar-refractivity contribution >= 4 is 91.2 Å². The van der Waals surface area contributed by atoms with Crippen LogP contribution in [-0.2, 0) is 11.4 Å². The van der Waals surface area contributed by atoms with Gasteiger partial charge in [-0.25, -0.2) is 4.99 Å². The van der Waals surface area contributed by atoms with Gasteiger partial charge in [0.05, 0.1) is 26.3 Å². The maximum absolute atomic E-state index is 12.6. The molecule has 0 unspecified atom stereocenters. The maximum Gasteiger partial charge on any atom is 0.264 e. The molecule has 1 fully saturated rings. The molecular formula is C28H19Cl2IN2O3S. The van der Waals surface area contributed by atoms with E-state index in [-0.39, 0.29) is 5.91 Å². The number of halogens is 3. The predicted molar refractivity (Wildman–Crippen MR) is 161 cm³/mol. The van der Waals surface area contributed by atoms with E-state index < -0.39 is 0 Å². The molecule has 5 rings (SSSR count). The van der Waals surface area contributed by atoms with E-state index >= 15 is 0 Å². The number of methoxy groups -OCH3 is 1. The van der Waals surface area contributed by atoms with E-state index in [1.165, 1.54) is 17.1 Å². The zero-order valence-corrected chi connectivity index (χ0v) is 23.9. The van der Waals surface area contributed by atoms with Crippen molar-refractivity contribution in [2.45, 2.75) is 6.61 Å². The van der Waals surface area contributed by atoms with Crippen molar-refractivity contribution in [1.82, 2.24) is 5.32 Å². The molecule has 0 aliphatic carbocycles. The normalized spacial score (nSPS) is 15.4. The standard InChI is InChI=1S/C28H19Cl2IN2O3S/c1-35-24-12-16(13-25-27(34)33-28(37-25)32-23-14-19(29)9-10-21(23)30)11-22(31)26(24)36-15-18-7-4-6-17-5-2-3-8-20(17)18/h2-14H,15H2,1H3,(H,32,33,34)/b25-13+. The van der Waals surface area contributed by atoms with Crippen molar-refractivity contribution in [1.29, 1.82) is 0 Å². The Hall–Kier alpha value is -2.72. The van der Waals surface area contributed by atoms with Gasteiger partial charge in [-0.05, 0) is 92.7 Å². The number of amidine groups is 1. The van der Waals surface area contributed by atoms with Gasteiger partial charge in [0.1, 0.15) is 6.61 Å². The summed E-state index contributed by atoms with van der Waals surface area (Å²) >= 11 is 15.7. The minimum absolute atomic E-state index is 0.243. The molecule has 0 aromatic heterocycles. The third-order valence-corrected chi connectivity index (χ3v) is 7.85. The molecule has 1 saturated heterocycles. The molecule has 0 radical (unpaired) electrons. The van der Waals surface area contributed by atoms with Crippen molar-refractivity contribution in [3.63, 3.8) is 0 Å². The SMILES string of the molecule is COc1cc(/C=C2/SC(=Nc3cc(Cl)ccc3Cl)NC2=O)cc(I)c1OCc1cccc2ccccc12. The van der Waals surface area contributed by atoms with E-state index in [0.717, 1.165) is 20.1 Å². The lowest BCUT2D eigenvalue weighted by atomic mass is 10.1. The summed E-state index contributed by atoms with van der Waals surface area (Å²) in [6, 6.07) is 23.2. The fraction of sp³-hybridized carbons (Fsp3) is 0.0714. The number of ether oxygens (including phenoxy) is 2. The lowest BCUT2D eigenvalue weighted by Crippen LogP contribution is -2.19. The van der Waals surface area contributed by atoms with Crippen LogP contribution in [0.2, 0.25) is 10.0 Å².